The highest BCUT2D eigenvalue weighted by atomic mass is 16.7. The molecule has 0 saturated carbocycles. The van der Waals surface area contributed by atoms with Gasteiger partial charge in [0.2, 0.25) is 6.79 Å². The lowest BCUT2D eigenvalue weighted by molar-refractivity contribution is 0.173. The largest absolute Gasteiger partial charge is 0.454 e. The molecule has 0 aromatic heterocycles. The van der Waals surface area contributed by atoms with Crippen molar-refractivity contribution in [3.63, 3.8) is 0 Å². The first kappa shape index (κ1) is 11.8. The maximum absolute atomic E-state index is 5.45. The van der Waals surface area contributed by atoms with Crippen molar-refractivity contribution in [2.24, 2.45) is 0 Å². The Labute approximate surface area is 102 Å². The molecule has 0 radical (unpaired) electrons. The van der Waals surface area contributed by atoms with Crippen LogP contribution in [0.5, 0.6) is 11.5 Å². The summed E-state index contributed by atoms with van der Waals surface area (Å²) in [7, 11) is 0. The van der Waals surface area contributed by atoms with Crippen LogP contribution in [0.25, 0.3) is 0 Å². The normalized spacial score (nSPS) is 14.4. The Morgan fingerprint density at radius 3 is 3.12 bits per heavy atom. The number of nitrogens with one attached hydrogen (secondary N) is 1. The summed E-state index contributed by atoms with van der Waals surface area (Å²) in [6.45, 7) is 3.20. The van der Waals surface area contributed by atoms with Gasteiger partial charge in [-0.3, -0.25) is 0 Å². The lowest BCUT2D eigenvalue weighted by Crippen LogP contribution is -2.27. The van der Waals surface area contributed by atoms with Crippen molar-refractivity contribution in [2.75, 3.05) is 6.79 Å². The Morgan fingerprint density at radius 1 is 1.47 bits per heavy atom. The van der Waals surface area contributed by atoms with Gasteiger partial charge in [-0.1, -0.05) is 19.1 Å². The SMILES string of the molecule is C#CCC(CC)NCc1cccc2c1OCO2. The molecule has 0 bridgehead atoms. The molecule has 0 saturated heterocycles. The third kappa shape index (κ3) is 2.72. The van der Waals surface area contributed by atoms with Gasteiger partial charge in [-0.15, -0.1) is 12.3 Å². The molecule has 1 atom stereocenters. The van der Waals surface area contributed by atoms with Crippen LogP contribution in [0.3, 0.4) is 0 Å². The molecule has 1 aliphatic heterocycles. The third-order valence-electron chi connectivity index (χ3n) is 2.92. The van der Waals surface area contributed by atoms with E-state index < -0.39 is 0 Å². The van der Waals surface area contributed by atoms with Gasteiger partial charge in [0, 0.05) is 24.6 Å². The van der Waals surface area contributed by atoms with Gasteiger partial charge in [-0.2, -0.15) is 0 Å². The van der Waals surface area contributed by atoms with Crippen molar-refractivity contribution < 1.29 is 9.47 Å². The first-order valence-electron chi connectivity index (χ1n) is 5.89. The summed E-state index contributed by atoms with van der Waals surface area (Å²) in [4.78, 5) is 0. The second-order valence-corrected chi connectivity index (χ2v) is 4.05. The second kappa shape index (κ2) is 5.60. The smallest absolute Gasteiger partial charge is 0.231 e. The molecule has 1 heterocycles. The third-order valence-corrected chi connectivity index (χ3v) is 2.92. The molecule has 3 heteroatoms. The molecule has 0 amide bonds. The zero-order valence-corrected chi connectivity index (χ0v) is 10.0. The summed E-state index contributed by atoms with van der Waals surface area (Å²) < 4.78 is 10.8. The average Bonchev–Trinajstić information content (AvgIpc) is 2.83. The quantitative estimate of drug-likeness (QED) is 0.789. The lowest BCUT2D eigenvalue weighted by atomic mass is 10.1. The minimum atomic E-state index is 0.313. The molecule has 90 valence electrons. The fourth-order valence-corrected chi connectivity index (χ4v) is 1.89. The highest BCUT2D eigenvalue weighted by Crippen LogP contribution is 2.35. The van der Waals surface area contributed by atoms with Gasteiger partial charge in [0.15, 0.2) is 11.5 Å². The van der Waals surface area contributed by atoms with E-state index in [0.717, 1.165) is 36.4 Å². The number of terminal acetylenes is 1. The molecule has 1 aromatic carbocycles. The van der Waals surface area contributed by atoms with Gasteiger partial charge in [-0.25, -0.2) is 0 Å². The Balaban J connectivity index is 2.00. The summed E-state index contributed by atoms with van der Waals surface area (Å²) in [5.41, 5.74) is 1.12. The van der Waals surface area contributed by atoms with E-state index in [1.54, 1.807) is 0 Å². The van der Waals surface area contributed by atoms with Crippen LogP contribution in [-0.4, -0.2) is 12.8 Å². The number of benzene rings is 1. The van der Waals surface area contributed by atoms with Crippen LogP contribution in [0, 0.1) is 12.3 Å². The zero-order chi connectivity index (χ0) is 12.1. The number of ether oxygens (including phenoxy) is 2. The fraction of sp³-hybridized carbons (Fsp3) is 0.429. The highest BCUT2D eigenvalue weighted by Gasteiger charge is 2.17. The first-order valence-corrected chi connectivity index (χ1v) is 5.89. The topological polar surface area (TPSA) is 30.5 Å². The minimum absolute atomic E-state index is 0.313. The van der Waals surface area contributed by atoms with Crippen LogP contribution in [0.4, 0.5) is 0 Å². The van der Waals surface area contributed by atoms with Crippen molar-refractivity contribution in [1.29, 1.82) is 0 Å². The molecule has 3 nitrogen and oxygen atoms in total. The van der Waals surface area contributed by atoms with Crippen molar-refractivity contribution in [3.8, 4) is 23.8 Å². The number of rotatable bonds is 5. The molecule has 17 heavy (non-hydrogen) atoms. The average molecular weight is 231 g/mol. The lowest BCUT2D eigenvalue weighted by Gasteiger charge is -2.14. The monoisotopic (exact) mass is 231 g/mol. The fourth-order valence-electron chi connectivity index (χ4n) is 1.89. The van der Waals surface area contributed by atoms with E-state index in [9.17, 15) is 0 Å². The molecule has 0 spiro atoms. The molecular formula is C14H17NO2. The van der Waals surface area contributed by atoms with Crippen LogP contribution in [0.2, 0.25) is 0 Å². The highest BCUT2D eigenvalue weighted by molar-refractivity contribution is 5.48. The number of fused-ring (bicyclic) bond motifs is 1. The maximum atomic E-state index is 5.45. The van der Waals surface area contributed by atoms with Gasteiger partial charge in [0.05, 0.1) is 0 Å². The van der Waals surface area contributed by atoms with Crippen LogP contribution < -0.4 is 14.8 Å². The van der Waals surface area contributed by atoms with E-state index in [0.29, 0.717) is 12.8 Å². The van der Waals surface area contributed by atoms with Gasteiger partial charge in [0.1, 0.15) is 0 Å². The molecule has 2 rings (SSSR count). The predicted octanol–water partition coefficient (Wildman–Crippen LogP) is 2.31. The standard InChI is InChI=1S/C14H17NO2/c1-3-6-12(4-2)15-9-11-7-5-8-13-14(11)17-10-16-13/h1,5,7-8,12,15H,4,6,9-10H2,2H3. The van der Waals surface area contributed by atoms with Crippen molar-refractivity contribution >= 4 is 0 Å². The maximum Gasteiger partial charge on any atom is 0.231 e. The van der Waals surface area contributed by atoms with E-state index in [-0.39, 0.29) is 0 Å². The Hall–Kier alpha value is -1.66. The van der Waals surface area contributed by atoms with Gasteiger partial charge in [0.25, 0.3) is 0 Å². The Morgan fingerprint density at radius 2 is 2.35 bits per heavy atom. The summed E-state index contributed by atoms with van der Waals surface area (Å²) in [5.74, 6) is 4.37. The van der Waals surface area contributed by atoms with Crippen LogP contribution in [-0.2, 0) is 6.54 Å². The molecule has 1 unspecified atom stereocenters. The predicted molar refractivity (Wildman–Crippen MR) is 66.9 cm³/mol. The van der Waals surface area contributed by atoms with E-state index in [1.165, 1.54) is 0 Å². The van der Waals surface area contributed by atoms with Crippen LogP contribution in [0.15, 0.2) is 18.2 Å². The summed E-state index contributed by atoms with van der Waals surface area (Å²) >= 11 is 0. The van der Waals surface area contributed by atoms with E-state index >= 15 is 0 Å². The molecule has 1 N–H and O–H groups in total. The molecular weight excluding hydrogens is 214 g/mol. The Kier molecular flexibility index (Phi) is 3.89. The summed E-state index contributed by atoms with van der Waals surface area (Å²) in [6.07, 6.45) is 7.11. The van der Waals surface area contributed by atoms with Crippen molar-refractivity contribution in [3.05, 3.63) is 23.8 Å². The Bertz CT molecular complexity index is 423. The van der Waals surface area contributed by atoms with E-state index in [1.807, 2.05) is 18.2 Å². The van der Waals surface area contributed by atoms with Crippen LogP contribution >= 0.6 is 0 Å². The molecule has 1 aromatic rings. The van der Waals surface area contributed by atoms with Gasteiger partial charge >= 0.3 is 0 Å². The first-order chi connectivity index (χ1) is 8.35. The molecule has 1 aliphatic rings. The van der Waals surface area contributed by atoms with E-state index in [2.05, 4.69) is 18.2 Å². The van der Waals surface area contributed by atoms with E-state index in [4.69, 9.17) is 15.9 Å². The molecule has 0 fully saturated rings. The number of hydrogen-bond donors (Lipinski definition) is 1. The van der Waals surface area contributed by atoms with Gasteiger partial charge < -0.3 is 14.8 Å². The second-order valence-electron chi connectivity index (χ2n) is 4.05. The van der Waals surface area contributed by atoms with Crippen molar-refractivity contribution in [1.82, 2.24) is 5.32 Å². The summed E-state index contributed by atoms with van der Waals surface area (Å²) in [6, 6.07) is 6.30. The van der Waals surface area contributed by atoms with Gasteiger partial charge in [-0.05, 0) is 12.5 Å². The molecule has 0 aliphatic carbocycles. The zero-order valence-electron chi connectivity index (χ0n) is 10.0. The minimum Gasteiger partial charge on any atom is -0.454 e. The summed E-state index contributed by atoms with van der Waals surface area (Å²) in [5, 5.41) is 3.44. The number of hydrogen-bond acceptors (Lipinski definition) is 3. The number of para-hydroxylation sites is 1. The van der Waals surface area contributed by atoms with Crippen molar-refractivity contribution in [2.45, 2.75) is 32.4 Å². The van der Waals surface area contributed by atoms with Crippen LogP contribution in [0.1, 0.15) is 25.3 Å².